The van der Waals surface area contributed by atoms with Gasteiger partial charge in [-0.25, -0.2) is 0 Å². The summed E-state index contributed by atoms with van der Waals surface area (Å²) in [5.41, 5.74) is 0. The van der Waals surface area contributed by atoms with Gasteiger partial charge in [-0.3, -0.25) is 4.79 Å². The monoisotopic (exact) mass is 266 g/mol. The van der Waals surface area contributed by atoms with Gasteiger partial charge in [-0.15, -0.1) is 6.58 Å². The largest absolute Gasteiger partial charge is 0.466 e. The first-order valence-corrected chi connectivity index (χ1v) is 6.01. The van der Waals surface area contributed by atoms with Crippen molar-refractivity contribution in [3.05, 3.63) is 12.7 Å². The lowest BCUT2D eigenvalue weighted by Gasteiger charge is -1.89. The predicted octanol–water partition coefficient (Wildman–Crippen LogP) is 1.78. The van der Waals surface area contributed by atoms with Gasteiger partial charge in [0.15, 0.2) is 0 Å². The van der Waals surface area contributed by atoms with Crippen LogP contribution in [0.15, 0.2) is 12.7 Å². The molecule has 18 heavy (non-hydrogen) atoms. The first kappa shape index (κ1) is 25.8. The van der Waals surface area contributed by atoms with Crippen LogP contribution >= 0.6 is 0 Å². The zero-order chi connectivity index (χ0) is 15.2. The van der Waals surface area contributed by atoms with E-state index in [-0.39, 0.29) is 19.2 Å². The minimum atomic E-state index is -0.211. The van der Waals surface area contributed by atoms with Gasteiger partial charge in [0.2, 0.25) is 0 Å². The lowest BCUT2D eigenvalue weighted by atomic mass is 10.8. The van der Waals surface area contributed by atoms with Crippen LogP contribution in [0, 0.1) is 0 Å². The van der Waals surface area contributed by atoms with E-state index in [4.69, 9.17) is 14.9 Å². The number of carbonyl (C=O) groups excluding carboxylic acids is 1. The van der Waals surface area contributed by atoms with Crippen LogP contribution < -0.4 is 0 Å². The minimum absolute atomic E-state index is 0.125. The van der Waals surface area contributed by atoms with Gasteiger partial charge in [0.25, 0.3) is 0 Å². The third kappa shape index (κ3) is 116. The molecule has 0 spiro atoms. The molecular formula is C13H30O5. The van der Waals surface area contributed by atoms with E-state index in [2.05, 4.69) is 11.3 Å². The fourth-order valence-electron chi connectivity index (χ4n) is 0.407. The molecule has 0 aromatic rings. The molecule has 0 radical (unpaired) electrons. The molecule has 0 aromatic carbocycles. The Morgan fingerprint density at radius 2 is 1.44 bits per heavy atom. The molecular weight excluding hydrogens is 236 g/mol. The van der Waals surface area contributed by atoms with Crippen LogP contribution in [0.3, 0.4) is 0 Å². The summed E-state index contributed by atoms with van der Waals surface area (Å²) >= 11 is 0. The van der Waals surface area contributed by atoms with Crippen molar-refractivity contribution in [3.8, 4) is 0 Å². The van der Waals surface area contributed by atoms with Gasteiger partial charge in [0.05, 0.1) is 19.8 Å². The Morgan fingerprint density at radius 1 is 1.11 bits per heavy atom. The van der Waals surface area contributed by atoms with Crippen LogP contribution in [0.25, 0.3) is 0 Å². The van der Waals surface area contributed by atoms with Gasteiger partial charge < -0.3 is 19.7 Å². The van der Waals surface area contributed by atoms with E-state index in [0.29, 0.717) is 6.61 Å². The Hall–Kier alpha value is -0.910. The van der Waals surface area contributed by atoms with Crippen LogP contribution in [0.4, 0.5) is 0 Å². The van der Waals surface area contributed by atoms with Crippen molar-refractivity contribution < 1.29 is 24.5 Å². The fraction of sp³-hybridized carbons (Fsp3) is 0.769. The number of rotatable bonds is 4. The number of esters is 1. The molecule has 0 amide bonds. The summed E-state index contributed by atoms with van der Waals surface area (Å²) in [6.07, 6.45) is 1.75. The molecule has 5 nitrogen and oxygen atoms in total. The molecule has 0 heterocycles. The highest BCUT2D eigenvalue weighted by Gasteiger charge is 1.81. The summed E-state index contributed by atoms with van der Waals surface area (Å²) < 4.78 is 9.24. The smallest absolute Gasteiger partial charge is 0.302 e. The topological polar surface area (TPSA) is 76.0 Å². The third-order valence-electron chi connectivity index (χ3n) is 0.856. The molecule has 0 aliphatic rings. The first-order chi connectivity index (χ1) is 8.51. The SMILES string of the molecule is C=CC.CCOC(C)=O.CCOCC.OCCO. The maximum absolute atomic E-state index is 9.82. The number of ether oxygens (including phenoxy) is 2. The molecule has 0 aliphatic heterocycles. The van der Waals surface area contributed by atoms with E-state index in [9.17, 15) is 4.79 Å². The van der Waals surface area contributed by atoms with Crippen LogP contribution in [0.2, 0.25) is 0 Å². The van der Waals surface area contributed by atoms with Crippen LogP contribution in [-0.4, -0.2) is 49.2 Å². The zero-order valence-corrected chi connectivity index (χ0v) is 12.4. The Kier molecular flexibility index (Phi) is 51.6. The molecule has 0 atom stereocenters. The van der Waals surface area contributed by atoms with Crippen LogP contribution in [0.1, 0.15) is 34.6 Å². The maximum Gasteiger partial charge on any atom is 0.302 e. The van der Waals surface area contributed by atoms with Gasteiger partial charge in [-0.1, -0.05) is 6.08 Å². The second-order valence-corrected chi connectivity index (χ2v) is 2.56. The highest BCUT2D eigenvalue weighted by atomic mass is 16.5. The standard InChI is InChI=1S/C4H8O2.C4H10O.C3H6.C2H6O2/c1-3-6-4(2)5;1-3-5-4-2;1-3-2;3-1-2-4/h3H2,1-2H3;3-4H2,1-2H3;3H,1H2,2H3;3-4H,1-2H2. The minimum Gasteiger partial charge on any atom is -0.466 e. The van der Waals surface area contributed by atoms with E-state index in [1.165, 1.54) is 6.92 Å². The number of carbonyl (C=O) groups is 1. The van der Waals surface area contributed by atoms with Gasteiger partial charge in [0.1, 0.15) is 0 Å². The number of aliphatic hydroxyl groups is 2. The first-order valence-electron chi connectivity index (χ1n) is 6.01. The molecule has 112 valence electrons. The van der Waals surface area contributed by atoms with E-state index in [1.807, 2.05) is 20.8 Å². The Labute approximate surface area is 111 Å². The molecule has 0 rings (SSSR count). The predicted molar refractivity (Wildman–Crippen MR) is 74.5 cm³/mol. The summed E-state index contributed by atoms with van der Waals surface area (Å²) in [6, 6.07) is 0. The number of aliphatic hydroxyl groups excluding tert-OH is 2. The average molecular weight is 266 g/mol. The van der Waals surface area contributed by atoms with Crippen molar-refractivity contribution in [2.24, 2.45) is 0 Å². The van der Waals surface area contributed by atoms with E-state index < -0.39 is 0 Å². The van der Waals surface area contributed by atoms with Crippen LogP contribution in [-0.2, 0) is 14.3 Å². The molecule has 0 aromatic heterocycles. The van der Waals surface area contributed by atoms with Crippen molar-refractivity contribution in [2.45, 2.75) is 34.6 Å². The lowest BCUT2D eigenvalue weighted by molar-refractivity contribution is -0.140. The average Bonchev–Trinajstić information content (AvgIpc) is 2.32. The highest BCUT2D eigenvalue weighted by Crippen LogP contribution is 1.69. The summed E-state index contributed by atoms with van der Waals surface area (Å²) in [5.74, 6) is -0.211. The molecule has 0 aliphatic carbocycles. The second kappa shape index (κ2) is 36.0. The van der Waals surface area contributed by atoms with Crippen molar-refractivity contribution in [1.82, 2.24) is 0 Å². The fourth-order valence-corrected chi connectivity index (χ4v) is 0.407. The van der Waals surface area contributed by atoms with Gasteiger partial charge in [-0.2, -0.15) is 0 Å². The molecule has 0 fully saturated rings. The van der Waals surface area contributed by atoms with Crippen LogP contribution in [0.5, 0.6) is 0 Å². The summed E-state index contributed by atoms with van der Waals surface area (Å²) in [6.45, 7) is 14.3. The number of hydrogen-bond acceptors (Lipinski definition) is 5. The van der Waals surface area contributed by atoms with Crippen molar-refractivity contribution >= 4 is 5.97 Å². The highest BCUT2D eigenvalue weighted by molar-refractivity contribution is 5.65. The Balaban J connectivity index is -0.0000000750. The molecule has 0 bridgehead atoms. The maximum atomic E-state index is 9.82. The van der Waals surface area contributed by atoms with Crippen molar-refractivity contribution in [1.29, 1.82) is 0 Å². The number of hydrogen-bond donors (Lipinski definition) is 2. The summed E-state index contributed by atoms with van der Waals surface area (Å²) in [4.78, 5) is 9.82. The zero-order valence-electron chi connectivity index (χ0n) is 12.4. The van der Waals surface area contributed by atoms with E-state index in [1.54, 1.807) is 13.0 Å². The lowest BCUT2D eigenvalue weighted by Crippen LogP contribution is -1.95. The van der Waals surface area contributed by atoms with Crippen molar-refractivity contribution in [3.63, 3.8) is 0 Å². The molecule has 0 saturated heterocycles. The van der Waals surface area contributed by atoms with Crippen molar-refractivity contribution in [2.75, 3.05) is 33.0 Å². The second-order valence-electron chi connectivity index (χ2n) is 2.56. The van der Waals surface area contributed by atoms with E-state index >= 15 is 0 Å². The molecule has 2 N–H and O–H groups in total. The normalized spacial score (nSPS) is 7.28. The van der Waals surface area contributed by atoms with Gasteiger partial charge in [0, 0.05) is 20.1 Å². The van der Waals surface area contributed by atoms with Gasteiger partial charge in [-0.05, 0) is 27.7 Å². The summed E-state index contributed by atoms with van der Waals surface area (Å²) in [7, 11) is 0. The molecule has 0 saturated carbocycles. The van der Waals surface area contributed by atoms with E-state index in [0.717, 1.165) is 13.2 Å². The molecule has 0 unspecified atom stereocenters. The quantitative estimate of drug-likeness (QED) is 0.599. The third-order valence-corrected chi connectivity index (χ3v) is 0.856. The Morgan fingerprint density at radius 3 is 1.44 bits per heavy atom. The Bertz CT molecular complexity index is 133. The summed E-state index contributed by atoms with van der Waals surface area (Å²) in [5, 5.41) is 15.2. The number of allylic oxidation sites excluding steroid dienone is 1. The molecule has 5 heteroatoms. The van der Waals surface area contributed by atoms with Gasteiger partial charge >= 0.3 is 5.97 Å².